The molecule has 0 radical (unpaired) electrons. The van der Waals surface area contributed by atoms with Gasteiger partial charge >= 0.3 is 6.09 Å². The third-order valence-corrected chi connectivity index (χ3v) is 4.66. The predicted octanol–water partition coefficient (Wildman–Crippen LogP) is 2.37. The first-order valence-corrected chi connectivity index (χ1v) is 7.25. The van der Waals surface area contributed by atoms with E-state index in [2.05, 4.69) is 23.0 Å². The molecular formula is C13H20N2O2S. The molecule has 1 aromatic heterocycles. The lowest BCUT2D eigenvalue weighted by molar-refractivity contribution is 0.156. The summed E-state index contributed by atoms with van der Waals surface area (Å²) in [5.41, 5.74) is 6.43. The fraction of sp³-hybridized carbons (Fsp3) is 0.615. The van der Waals surface area contributed by atoms with E-state index in [4.69, 9.17) is 5.73 Å². The molecular weight excluding hydrogens is 248 g/mol. The molecule has 2 rings (SSSR count). The highest BCUT2D eigenvalue weighted by Gasteiger charge is 2.16. The molecule has 0 bridgehead atoms. The van der Waals surface area contributed by atoms with E-state index < -0.39 is 6.09 Å². The minimum absolute atomic E-state index is 0.303. The van der Waals surface area contributed by atoms with Crippen molar-refractivity contribution in [1.29, 1.82) is 0 Å². The number of aryl methyl sites for hydroxylation is 2. The molecule has 4 nitrogen and oxygen atoms in total. The lowest BCUT2D eigenvalue weighted by Crippen LogP contribution is -2.25. The Bertz CT molecular complexity index is 394. The van der Waals surface area contributed by atoms with Gasteiger partial charge in [-0.25, -0.2) is 4.79 Å². The van der Waals surface area contributed by atoms with E-state index in [9.17, 15) is 4.79 Å². The van der Waals surface area contributed by atoms with Crippen molar-refractivity contribution in [2.75, 3.05) is 13.2 Å². The van der Waals surface area contributed by atoms with Crippen LogP contribution in [0.3, 0.4) is 0 Å². The van der Waals surface area contributed by atoms with E-state index in [1.807, 2.05) is 11.3 Å². The number of fused-ring (bicyclic) bond motifs is 1. The van der Waals surface area contributed by atoms with Crippen LogP contribution in [0.5, 0.6) is 0 Å². The third kappa shape index (κ3) is 3.46. The van der Waals surface area contributed by atoms with E-state index in [1.54, 1.807) is 4.88 Å². The van der Waals surface area contributed by atoms with Crippen LogP contribution in [-0.4, -0.2) is 19.2 Å². The summed E-state index contributed by atoms with van der Waals surface area (Å²) in [6.45, 7) is 3.10. The number of primary amides is 1. The monoisotopic (exact) mass is 268 g/mol. The second-order valence-corrected chi connectivity index (χ2v) is 5.82. The number of hydrogen-bond donors (Lipinski definition) is 2. The summed E-state index contributed by atoms with van der Waals surface area (Å²) in [6.07, 6.45) is 4.38. The highest BCUT2D eigenvalue weighted by atomic mass is 32.1. The van der Waals surface area contributed by atoms with Gasteiger partial charge in [-0.15, -0.1) is 11.3 Å². The van der Waals surface area contributed by atoms with Crippen LogP contribution >= 0.6 is 11.3 Å². The first kappa shape index (κ1) is 13.4. The zero-order valence-corrected chi connectivity index (χ0v) is 11.5. The standard InChI is InChI=1S/C13H20N2O2S/c1-9(15-6-7-17-13(14)16)12-8-10-4-2-3-5-11(10)18-12/h8-9,15H,2-7H2,1H3,(H2,14,16). The summed E-state index contributed by atoms with van der Waals surface area (Å²) in [5, 5.41) is 3.34. The summed E-state index contributed by atoms with van der Waals surface area (Å²) >= 11 is 1.91. The minimum Gasteiger partial charge on any atom is -0.448 e. The van der Waals surface area contributed by atoms with Crippen molar-refractivity contribution in [3.8, 4) is 0 Å². The van der Waals surface area contributed by atoms with E-state index in [1.165, 1.54) is 36.1 Å². The van der Waals surface area contributed by atoms with E-state index in [-0.39, 0.29) is 0 Å². The molecule has 0 aliphatic heterocycles. The molecule has 1 aromatic rings. The Labute approximate surface area is 112 Å². The average molecular weight is 268 g/mol. The molecule has 1 atom stereocenters. The van der Waals surface area contributed by atoms with Gasteiger partial charge in [-0.2, -0.15) is 0 Å². The van der Waals surface area contributed by atoms with Gasteiger partial charge in [0.1, 0.15) is 6.61 Å². The third-order valence-electron chi connectivity index (χ3n) is 3.24. The average Bonchev–Trinajstić information content (AvgIpc) is 2.78. The number of carbonyl (C=O) groups excluding carboxylic acids is 1. The Balaban J connectivity index is 1.83. The quantitative estimate of drug-likeness (QED) is 0.806. The second kappa shape index (κ2) is 6.20. The lowest BCUT2D eigenvalue weighted by atomic mass is 9.99. The molecule has 1 aliphatic carbocycles. The maximum absolute atomic E-state index is 10.4. The Morgan fingerprint density at radius 2 is 2.33 bits per heavy atom. The second-order valence-electron chi connectivity index (χ2n) is 4.65. The summed E-state index contributed by atoms with van der Waals surface area (Å²) in [5.74, 6) is 0. The molecule has 1 aliphatic rings. The normalized spacial score (nSPS) is 16.1. The molecule has 1 heterocycles. The van der Waals surface area contributed by atoms with Crippen molar-refractivity contribution < 1.29 is 9.53 Å². The molecule has 0 aromatic carbocycles. The number of ether oxygens (including phenoxy) is 1. The van der Waals surface area contributed by atoms with Gasteiger partial charge in [0.15, 0.2) is 0 Å². The smallest absolute Gasteiger partial charge is 0.404 e. The van der Waals surface area contributed by atoms with E-state index >= 15 is 0 Å². The number of carbonyl (C=O) groups is 1. The van der Waals surface area contributed by atoms with Crippen LogP contribution in [-0.2, 0) is 17.6 Å². The van der Waals surface area contributed by atoms with Crippen LogP contribution in [0.2, 0.25) is 0 Å². The van der Waals surface area contributed by atoms with Crippen LogP contribution < -0.4 is 11.1 Å². The van der Waals surface area contributed by atoms with Gasteiger partial charge in [0.25, 0.3) is 0 Å². The Hall–Kier alpha value is -1.07. The first-order valence-electron chi connectivity index (χ1n) is 6.44. The molecule has 3 N–H and O–H groups in total. The van der Waals surface area contributed by atoms with Crippen molar-refractivity contribution >= 4 is 17.4 Å². The lowest BCUT2D eigenvalue weighted by Gasteiger charge is -2.11. The number of rotatable bonds is 5. The van der Waals surface area contributed by atoms with E-state index in [0.717, 1.165) is 0 Å². The molecule has 100 valence electrons. The number of nitrogens with one attached hydrogen (secondary N) is 1. The van der Waals surface area contributed by atoms with Gasteiger partial charge in [0, 0.05) is 22.3 Å². The largest absolute Gasteiger partial charge is 0.448 e. The van der Waals surface area contributed by atoms with Crippen molar-refractivity contribution in [2.24, 2.45) is 5.73 Å². The molecule has 1 unspecified atom stereocenters. The van der Waals surface area contributed by atoms with Gasteiger partial charge < -0.3 is 15.8 Å². The Morgan fingerprint density at radius 1 is 1.56 bits per heavy atom. The van der Waals surface area contributed by atoms with Gasteiger partial charge in [-0.3, -0.25) is 0 Å². The molecule has 0 fully saturated rings. The molecule has 0 spiro atoms. The van der Waals surface area contributed by atoms with Crippen molar-refractivity contribution in [3.63, 3.8) is 0 Å². The van der Waals surface area contributed by atoms with Crippen molar-refractivity contribution in [3.05, 3.63) is 21.4 Å². The zero-order valence-electron chi connectivity index (χ0n) is 10.7. The van der Waals surface area contributed by atoms with Gasteiger partial charge in [0.2, 0.25) is 0 Å². The molecule has 5 heteroatoms. The molecule has 0 saturated carbocycles. The molecule has 0 saturated heterocycles. The van der Waals surface area contributed by atoms with Crippen LogP contribution in [0.4, 0.5) is 4.79 Å². The number of nitrogens with two attached hydrogens (primary N) is 1. The minimum atomic E-state index is -0.712. The number of amides is 1. The predicted molar refractivity (Wildman–Crippen MR) is 72.9 cm³/mol. The fourth-order valence-corrected chi connectivity index (χ4v) is 3.54. The fourth-order valence-electron chi connectivity index (χ4n) is 2.25. The zero-order chi connectivity index (χ0) is 13.0. The van der Waals surface area contributed by atoms with Crippen LogP contribution in [0.15, 0.2) is 6.07 Å². The summed E-state index contributed by atoms with van der Waals surface area (Å²) < 4.78 is 4.69. The number of thiophene rings is 1. The van der Waals surface area contributed by atoms with Crippen LogP contribution in [0, 0.1) is 0 Å². The summed E-state index contributed by atoms with van der Waals surface area (Å²) in [6, 6.07) is 2.63. The van der Waals surface area contributed by atoms with Gasteiger partial charge in [0.05, 0.1) is 0 Å². The Morgan fingerprint density at radius 3 is 3.06 bits per heavy atom. The van der Waals surface area contributed by atoms with Crippen molar-refractivity contribution in [2.45, 2.75) is 38.6 Å². The number of hydrogen-bond acceptors (Lipinski definition) is 4. The Kier molecular flexibility index (Phi) is 4.60. The molecule has 18 heavy (non-hydrogen) atoms. The SMILES string of the molecule is CC(NCCOC(N)=O)c1cc2c(s1)CCCC2. The van der Waals surface area contributed by atoms with Crippen molar-refractivity contribution in [1.82, 2.24) is 5.32 Å². The molecule has 1 amide bonds. The highest BCUT2D eigenvalue weighted by Crippen LogP contribution is 2.32. The summed E-state index contributed by atoms with van der Waals surface area (Å²) in [4.78, 5) is 13.4. The maximum Gasteiger partial charge on any atom is 0.404 e. The topological polar surface area (TPSA) is 64.3 Å². The van der Waals surface area contributed by atoms with Crippen LogP contribution in [0.25, 0.3) is 0 Å². The maximum atomic E-state index is 10.4. The van der Waals surface area contributed by atoms with Gasteiger partial charge in [-0.05, 0) is 44.2 Å². The first-order chi connectivity index (χ1) is 8.66. The van der Waals surface area contributed by atoms with Crippen LogP contribution in [0.1, 0.15) is 41.1 Å². The summed E-state index contributed by atoms with van der Waals surface area (Å²) in [7, 11) is 0. The van der Waals surface area contributed by atoms with E-state index in [0.29, 0.717) is 19.2 Å². The highest BCUT2D eigenvalue weighted by molar-refractivity contribution is 7.12. The van der Waals surface area contributed by atoms with Gasteiger partial charge in [-0.1, -0.05) is 0 Å².